The molecule has 0 saturated carbocycles. The molecule has 2 amide bonds. The van der Waals surface area contributed by atoms with Crippen molar-refractivity contribution in [3.63, 3.8) is 0 Å². The van der Waals surface area contributed by atoms with E-state index in [2.05, 4.69) is 25.8 Å². The number of para-hydroxylation sites is 1. The van der Waals surface area contributed by atoms with Gasteiger partial charge in [0.2, 0.25) is 11.8 Å². The Morgan fingerprint density at radius 2 is 1.83 bits per heavy atom. The molecule has 0 spiro atoms. The standard InChI is InChI=1S/C24H21N9O2/c25-23(35)20-8-4-7-19(16-11-26-27-12-16)22(20)24-30-17(13-33(24)18-5-2-1-3-6-18)9-10-21(34)31-32-14-28-29-15-32/h1-8,11-15H,9-10H2,(H2,25,35)(H,26,27)(H,31,34). The van der Waals surface area contributed by atoms with Crippen LogP contribution >= 0.6 is 0 Å². The molecule has 0 radical (unpaired) electrons. The van der Waals surface area contributed by atoms with Crippen LogP contribution in [0, 0.1) is 0 Å². The highest BCUT2D eigenvalue weighted by atomic mass is 16.2. The summed E-state index contributed by atoms with van der Waals surface area (Å²) in [6.07, 6.45) is 8.66. The maximum Gasteiger partial charge on any atom is 0.249 e. The first kappa shape index (κ1) is 21.8. The fraction of sp³-hybridized carbons (Fsp3) is 0.0833. The van der Waals surface area contributed by atoms with Crippen LogP contribution in [0.25, 0.3) is 28.2 Å². The van der Waals surface area contributed by atoms with E-state index in [1.165, 1.54) is 17.3 Å². The summed E-state index contributed by atoms with van der Waals surface area (Å²) < 4.78 is 3.29. The quantitative estimate of drug-likeness (QED) is 0.319. The third kappa shape index (κ3) is 4.55. The Kier molecular flexibility index (Phi) is 5.87. The number of hydrogen-bond donors (Lipinski definition) is 3. The number of hydrogen-bond acceptors (Lipinski definition) is 6. The number of carbonyl (C=O) groups is 2. The van der Waals surface area contributed by atoms with Gasteiger partial charge < -0.3 is 5.73 Å². The van der Waals surface area contributed by atoms with Gasteiger partial charge in [-0.2, -0.15) is 5.10 Å². The molecule has 35 heavy (non-hydrogen) atoms. The fourth-order valence-corrected chi connectivity index (χ4v) is 3.85. The number of nitrogens with one attached hydrogen (secondary N) is 2. The number of H-pyrrole nitrogens is 1. The summed E-state index contributed by atoms with van der Waals surface area (Å²) in [6, 6.07) is 15.0. The Bertz CT molecular complexity index is 1460. The predicted molar refractivity (Wildman–Crippen MR) is 128 cm³/mol. The highest BCUT2D eigenvalue weighted by Crippen LogP contribution is 2.35. The third-order valence-electron chi connectivity index (χ3n) is 5.43. The molecule has 11 heteroatoms. The molecular formula is C24H21N9O2. The first-order valence-electron chi connectivity index (χ1n) is 10.8. The number of aromatic amines is 1. The van der Waals surface area contributed by atoms with E-state index in [1.54, 1.807) is 24.5 Å². The van der Waals surface area contributed by atoms with E-state index in [0.717, 1.165) is 16.8 Å². The number of aromatic nitrogens is 7. The van der Waals surface area contributed by atoms with E-state index < -0.39 is 5.91 Å². The first-order valence-corrected chi connectivity index (χ1v) is 10.8. The van der Waals surface area contributed by atoms with E-state index in [1.807, 2.05) is 47.2 Å². The van der Waals surface area contributed by atoms with Crippen LogP contribution in [-0.4, -0.2) is 46.4 Å². The van der Waals surface area contributed by atoms with E-state index in [0.29, 0.717) is 29.1 Å². The first-order chi connectivity index (χ1) is 17.1. The molecular weight excluding hydrogens is 446 g/mol. The van der Waals surface area contributed by atoms with Gasteiger partial charge in [-0.1, -0.05) is 30.3 Å². The largest absolute Gasteiger partial charge is 0.366 e. The second-order valence-corrected chi connectivity index (χ2v) is 7.74. The minimum Gasteiger partial charge on any atom is -0.366 e. The molecule has 3 aromatic heterocycles. The maximum atomic E-state index is 12.4. The normalized spacial score (nSPS) is 10.9. The van der Waals surface area contributed by atoms with Crippen LogP contribution in [0.2, 0.25) is 0 Å². The molecule has 0 atom stereocenters. The van der Waals surface area contributed by atoms with E-state index in [9.17, 15) is 9.59 Å². The summed E-state index contributed by atoms with van der Waals surface area (Å²) in [6.45, 7) is 0. The average molecular weight is 467 g/mol. The zero-order chi connectivity index (χ0) is 24.2. The lowest BCUT2D eigenvalue weighted by Gasteiger charge is -2.14. The molecule has 0 aliphatic rings. The van der Waals surface area contributed by atoms with Crippen molar-refractivity contribution in [3.8, 4) is 28.2 Å². The molecule has 11 nitrogen and oxygen atoms in total. The second-order valence-electron chi connectivity index (χ2n) is 7.74. The minimum absolute atomic E-state index is 0.190. The van der Waals surface area contributed by atoms with Gasteiger partial charge in [0.25, 0.3) is 0 Å². The Labute approximate surface area is 199 Å². The number of imidazole rings is 1. The SMILES string of the molecule is NC(=O)c1cccc(-c2cn[nH]c2)c1-c1nc(CCC(=O)Nn2cnnc2)cn1-c1ccccc1. The molecule has 0 aliphatic heterocycles. The van der Waals surface area contributed by atoms with Crippen LogP contribution in [0.3, 0.4) is 0 Å². The Morgan fingerprint density at radius 1 is 1.03 bits per heavy atom. The highest BCUT2D eigenvalue weighted by molar-refractivity contribution is 6.03. The molecule has 4 N–H and O–H groups in total. The van der Waals surface area contributed by atoms with Crippen molar-refractivity contribution in [2.75, 3.05) is 5.43 Å². The maximum absolute atomic E-state index is 12.4. The van der Waals surface area contributed by atoms with Gasteiger partial charge in [0, 0.05) is 42.0 Å². The van der Waals surface area contributed by atoms with Gasteiger partial charge in [-0.3, -0.25) is 24.7 Å². The smallest absolute Gasteiger partial charge is 0.249 e. The van der Waals surface area contributed by atoms with E-state index in [-0.39, 0.29) is 12.3 Å². The Morgan fingerprint density at radius 3 is 2.54 bits per heavy atom. The fourth-order valence-electron chi connectivity index (χ4n) is 3.85. The molecule has 0 fully saturated rings. The molecule has 0 bridgehead atoms. The van der Waals surface area contributed by atoms with Gasteiger partial charge >= 0.3 is 0 Å². The summed E-state index contributed by atoms with van der Waals surface area (Å²) in [4.78, 5) is 29.7. The van der Waals surface area contributed by atoms with E-state index in [4.69, 9.17) is 10.7 Å². The third-order valence-corrected chi connectivity index (χ3v) is 5.43. The summed E-state index contributed by atoms with van der Waals surface area (Å²) >= 11 is 0. The monoisotopic (exact) mass is 467 g/mol. The number of aryl methyl sites for hydroxylation is 1. The van der Waals surface area contributed by atoms with Gasteiger partial charge in [-0.15, -0.1) is 10.2 Å². The van der Waals surface area contributed by atoms with Crippen molar-refractivity contribution in [2.24, 2.45) is 5.73 Å². The molecule has 0 aliphatic carbocycles. The molecule has 0 unspecified atom stereocenters. The summed E-state index contributed by atoms with van der Waals surface area (Å²) in [5.74, 6) is -0.240. The predicted octanol–water partition coefficient (Wildman–Crippen LogP) is 2.32. The van der Waals surface area contributed by atoms with Gasteiger partial charge in [0.1, 0.15) is 18.5 Å². The molecule has 5 rings (SSSR count). The lowest BCUT2D eigenvalue weighted by Crippen LogP contribution is -2.21. The minimum atomic E-state index is -0.567. The van der Waals surface area contributed by atoms with Crippen LogP contribution in [-0.2, 0) is 11.2 Å². The summed E-state index contributed by atoms with van der Waals surface area (Å²) in [5, 5.41) is 14.2. The lowest BCUT2D eigenvalue weighted by molar-refractivity contribution is -0.117. The van der Waals surface area contributed by atoms with Crippen LogP contribution in [0.15, 0.2) is 79.8 Å². The van der Waals surface area contributed by atoms with Crippen molar-refractivity contribution in [1.29, 1.82) is 0 Å². The molecule has 2 aromatic carbocycles. The van der Waals surface area contributed by atoms with Crippen molar-refractivity contribution in [1.82, 2.24) is 34.6 Å². The molecule has 0 saturated heterocycles. The lowest BCUT2D eigenvalue weighted by atomic mass is 9.96. The van der Waals surface area contributed by atoms with E-state index >= 15 is 0 Å². The van der Waals surface area contributed by atoms with Gasteiger partial charge in [-0.25, -0.2) is 9.66 Å². The average Bonchev–Trinajstić information content (AvgIpc) is 3.65. The number of primary amides is 1. The molecule has 5 aromatic rings. The number of amides is 2. The summed E-state index contributed by atoms with van der Waals surface area (Å²) in [5.41, 5.74) is 12.5. The number of nitrogens with zero attached hydrogens (tertiary/aromatic N) is 6. The summed E-state index contributed by atoms with van der Waals surface area (Å²) in [7, 11) is 0. The topological polar surface area (TPSA) is 149 Å². The number of carbonyl (C=O) groups excluding carboxylic acids is 2. The number of benzene rings is 2. The zero-order valence-electron chi connectivity index (χ0n) is 18.5. The van der Waals surface area contributed by atoms with Crippen LogP contribution in [0.4, 0.5) is 0 Å². The number of rotatable bonds is 8. The second kappa shape index (κ2) is 9.43. The van der Waals surface area contributed by atoms with Crippen LogP contribution < -0.4 is 11.2 Å². The van der Waals surface area contributed by atoms with Gasteiger partial charge in [0.15, 0.2) is 0 Å². The van der Waals surface area contributed by atoms with Crippen LogP contribution in [0.1, 0.15) is 22.5 Å². The molecule has 174 valence electrons. The Balaban J connectivity index is 1.58. The highest BCUT2D eigenvalue weighted by Gasteiger charge is 2.22. The number of nitrogens with two attached hydrogens (primary N) is 1. The zero-order valence-corrected chi connectivity index (χ0v) is 18.5. The van der Waals surface area contributed by atoms with Gasteiger partial charge in [0.05, 0.1) is 17.5 Å². The van der Waals surface area contributed by atoms with Crippen molar-refractivity contribution < 1.29 is 9.59 Å². The van der Waals surface area contributed by atoms with Crippen molar-refractivity contribution in [3.05, 3.63) is 91.0 Å². The van der Waals surface area contributed by atoms with Crippen molar-refractivity contribution >= 4 is 11.8 Å². The molecule has 3 heterocycles. The Hall–Kier alpha value is -5.06. The van der Waals surface area contributed by atoms with Crippen LogP contribution in [0.5, 0.6) is 0 Å². The van der Waals surface area contributed by atoms with Crippen molar-refractivity contribution in [2.45, 2.75) is 12.8 Å². The van der Waals surface area contributed by atoms with Gasteiger partial charge in [-0.05, 0) is 23.8 Å².